The zero-order chi connectivity index (χ0) is 23.3. The van der Waals surface area contributed by atoms with Crippen LogP contribution in [0.5, 0.6) is 0 Å². The number of nitrogens with one attached hydrogen (secondary N) is 2. The Balaban J connectivity index is 1.62. The lowest BCUT2D eigenvalue weighted by Gasteiger charge is -2.38. The molecule has 0 aliphatic carbocycles. The van der Waals surface area contributed by atoms with Crippen LogP contribution in [0.25, 0.3) is 10.9 Å². The van der Waals surface area contributed by atoms with Gasteiger partial charge in [-0.05, 0) is 36.6 Å². The number of nitrogens with zero attached hydrogens (tertiary/aromatic N) is 1. The van der Waals surface area contributed by atoms with E-state index in [0.29, 0.717) is 18.5 Å². The predicted octanol–water partition coefficient (Wildman–Crippen LogP) is 4.60. The first-order valence-corrected chi connectivity index (χ1v) is 10.9. The van der Waals surface area contributed by atoms with Gasteiger partial charge in [-0.1, -0.05) is 48.5 Å². The molecule has 3 N–H and O–H groups in total. The molecule has 0 aliphatic rings. The minimum atomic E-state index is -1.34. The van der Waals surface area contributed by atoms with E-state index in [9.17, 15) is 14.7 Å². The van der Waals surface area contributed by atoms with Crippen molar-refractivity contribution in [1.29, 1.82) is 0 Å². The van der Waals surface area contributed by atoms with Gasteiger partial charge in [-0.15, -0.1) is 0 Å². The van der Waals surface area contributed by atoms with Crippen LogP contribution in [0.4, 0.5) is 4.79 Å². The fourth-order valence-electron chi connectivity index (χ4n) is 4.12. The molecular formula is C26H27N3O4. The second kappa shape index (κ2) is 9.65. The number of aromatic amines is 1. The van der Waals surface area contributed by atoms with E-state index in [2.05, 4.69) is 10.3 Å². The van der Waals surface area contributed by atoms with E-state index in [-0.39, 0.29) is 18.9 Å². The number of amides is 2. The summed E-state index contributed by atoms with van der Waals surface area (Å²) in [5.74, 6) is -0.338. The number of hydrogen-bond donors (Lipinski definition) is 3. The van der Waals surface area contributed by atoms with E-state index >= 15 is 0 Å². The van der Waals surface area contributed by atoms with Crippen LogP contribution in [0.1, 0.15) is 23.6 Å². The van der Waals surface area contributed by atoms with Gasteiger partial charge in [0.15, 0.2) is 0 Å². The van der Waals surface area contributed by atoms with Crippen LogP contribution in [0.15, 0.2) is 83.8 Å². The van der Waals surface area contributed by atoms with Gasteiger partial charge in [0, 0.05) is 35.6 Å². The second-order valence-corrected chi connectivity index (χ2v) is 8.30. The Hall–Kier alpha value is -4.00. The van der Waals surface area contributed by atoms with Gasteiger partial charge in [0.25, 0.3) is 0 Å². The Morgan fingerprint density at radius 3 is 2.55 bits per heavy atom. The minimum Gasteiger partial charge on any atom is -0.472 e. The Bertz CT molecular complexity index is 1220. The van der Waals surface area contributed by atoms with Gasteiger partial charge < -0.3 is 19.8 Å². The van der Waals surface area contributed by atoms with Gasteiger partial charge >= 0.3 is 6.09 Å². The highest BCUT2D eigenvalue weighted by molar-refractivity contribution is 5.91. The number of fused-ring (bicyclic) bond motifs is 1. The number of aromatic nitrogens is 1. The zero-order valence-electron chi connectivity index (χ0n) is 18.5. The maximum atomic E-state index is 13.5. The third-order valence-corrected chi connectivity index (χ3v) is 5.99. The molecule has 0 saturated heterocycles. The van der Waals surface area contributed by atoms with Gasteiger partial charge in [0.05, 0.1) is 19.1 Å². The van der Waals surface area contributed by atoms with E-state index in [4.69, 9.17) is 4.42 Å². The highest BCUT2D eigenvalue weighted by atomic mass is 16.4. The van der Waals surface area contributed by atoms with Gasteiger partial charge in [-0.25, -0.2) is 4.79 Å². The molecule has 170 valence electrons. The highest BCUT2D eigenvalue weighted by Gasteiger charge is 2.43. The number of carbonyl (C=O) groups excluding carboxylic acids is 1. The number of carboxylic acid groups (broad SMARTS) is 1. The average molecular weight is 446 g/mol. The number of furan rings is 1. The van der Waals surface area contributed by atoms with Crippen molar-refractivity contribution >= 4 is 22.9 Å². The van der Waals surface area contributed by atoms with Crippen molar-refractivity contribution in [1.82, 2.24) is 15.2 Å². The van der Waals surface area contributed by atoms with E-state index in [1.807, 2.05) is 60.8 Å². The Labute approximate surface area is 192 Å². The molecule has 0 spiro atoms. The molecule has 0 saturated carbocycles. The fourth-order valence-corrected chi connectivity index (χ4v) is 4.12. The standard InChI is InChI=1S/C26H27N3O4/c1-26(29(25(31)32)17-20-12-14-33-18-20,15-21-16-28-23-10-6-5-9-22(21)23)24(30)27-13-11-19-7-3-2-4-8-19/h2-10,12,14,16,18,28H,11,13,15,17H2,1H3,(H,27,30)(H,31,32)/t26-/m1/s1. The van der Waals surface area contributed by atoms with E-state index < -0.39 is 11.6 Å². The van der Waals surface area contributed by atoms with Crippen LogP contribution in [-0.2, 0) is 24.2 Å². The monoisotopic (exact) mass is 445 g/mol. The first kappa shape index (κ1) is 22.2. The van der Waals surface area contributed by atoms with Crippen LogP contribution in [0, 0.1) is 0 Å². The molecule has 0 bridgehead atoms. The summed E-state index contributed by atoms with van der Waals surface area (Å²) in [6, 6.07) is 19.3. The Morgan fingerprint density at radius 2 is 1.82 bits per heavy atom. The van der Waals surface area contributed by atoms with Crippen LogP contribution in [0.2, 0.25) is 0 Å². The summed E-state index contributed by atoms with van der Waals surface area (Å²) >= 11 is 0. The lowest BCUT2D eigenvalue weighted by atomic mass is 9.89. The zero-order valence-corrected chi connectivity index (χ0v) is 18.5. The molecule has 0 fully saturated rings. The lowest BCUT2D eigenvalue weighted by Crippen LogP contribution is -2.59. The quantitative estimate of drug-likeness (QED) is 0.351. The number of benzene rings is 2. The summed E-state index contributed by atoms with van der Waals surface area (Å²) in [5.41, 5.74) is 2.26. The normalized spacial score (nSPS) is 12.9. The van der Waals surface area contributed by atoms with Crippen molar-refractivity contribution < 1.29 is 19.1 Å². The summed E-state index contributed by atoms with van der Waals surface area (Å²) in [4.78, 5) is 30.3. The summed E-state index contributed by atoms with van der Waals surface area (Å²) in [6.07, 6.45) is 4.54. The third-order valence-electron chi connectivity index (χ3n) is 5.99. The third kappa shape index (κ3) is 4.92. The number of rotatable bonds is 9. The van der Waals surface area contributed by atoms with Crippen LogP contribution in [0.3, 0.4) is 0 Å². The predicted molar refractivity (Wildman–Crippen MR) is 126 cm³/mol. The number of hydrogen-bond acceptors (Lipinski definition) is 3. The molecule has 2 heterocycles. The SMILES string of the molecule is C[C@@](Cc1c[nH]c2ccccc12)(C(=O)NCCc1ccccc1)N(Cc1ccoc1)C(=O)O. The first-order chi connectivity index (χ1) is 16.0. The van der Waals surface area contributed by atoms with Crippen LogP contribution in [-0.4, -0.2) is 39.1 Å². The van der Waals surface area contributed by atoms with Crippen molar-refractivity contribution in [2.75, 3.05) is 6.54 Å². The van der Waals surface area contributed by atoms with Crippen molar-refractivity contribution in [3.63, 3.8) is 0 Å². The van der Waals surface area contributed by atoms with Crippen molar-refractivity contribution in [3.8, 4) is 0 Å². The van der Waals surface area contributed by atoms with Crippen molar-refractivity contribution in [3.05, 3.63) is 96.1 Å². The summed E-state index contributed by atoms with van der Waals surface area (Å²) in [7, 11) is 0. The Morgan fingerprint density at radius 1 is 1.06 bits per heavy atom. The van der Waals surface area contributed by atoms with E-state index in [1.165, 1.54) is 17.4 Å². The molecule has 0 aliphatic heterocycles. The van der Waals surface area contributed by atoms with Crippen molar-refractivity contribution in [2.24, 2.45) is 0 Å². The number of carbonyl (C=O) groups is 2. The minimum absolute atomic E-state index is 0.0385. The van der Waals surface area contributed by atoms with Gasteiger partial charge in [-0.2, -0.15) is 0 Å². The van der Waals surface area contributed by atoms with E-state index in [0.717, 1.165) is 22.0 Å². The first-order valence-electron chi connectivity index (χ1n) is 10.9. The molecule has 4 rings (SSSR count). The maximum absolute atomic E-state index is 13.5. The molecule has 0 radical (unpaired) electrons. The second-order valence-electron chi connectivity index (χ2n) is 8.30. The largest absolute Gasteiger partial charge is 0.472 e. The number of H-pyrrole nitrogens is 1. The molecule has 7 nitrogen and oxygen atoms in total. The van der Waals surface area contributed by atoms with Crippen LogP contribution < -0.4 is 5.32 Å². The summed E-state index contributed by atoms with van der Waals surface area (Å²) in [6.45, 7) is 2.13. The molecule has 2 aromatic carbocycles. The molecular weight excluding hydrogens is 418 g/mol. The lowest BCUT2D eigenvalue weighted by molar-refractivity contribution is -0.132. The Kier molecular flexibility index (Phi) is 6.49. The summed E-state index contributed by atoms with van der Waals surface area (Å²) < 4.78 is 5.12. The highest BCUT2D eigenvalue weighted by Crippen LogP contribution is 2.28. The molecule has 33 heavy (non-hydrogen) atoms. The van der Waals surface area contributed by atoms with Gasteiger partial charge in [0.2, 0.25) is 5.91 Å². The van der Waals surface area contributed by atoms with Gasteiger partial charge in [-0.3, -0.25) is 9.69 Å². The molecule has 2 amide bonds. The maximum Gasteiger partial charge on any atom is 0.408 e. The molecule has 7 heteroatoms. The fraction of sp³-hybridized carbons (Fsp3) is 0.231. The average Bonchev–Trinajstić information content (AvgIpc) is 3.48. The van der Waals surface area contributed by atoms with Crippen LogP contribution >= 0.6 is 0 Å². The molecule has 1 atom stereocenters. The van der Waals surface area contributed by atoms with Crippen molar-refractivity contribution in [2.45, 2.75) is 31.8 Å². The molecule has 2 aromatic heterocycles. The molecule has 0 unspecified atom stereocenters. The molecule has 4 aromatic rings. The topological polar surface area (TPSA) is 98.6 Å². The smallest absolute Gasteiger partial charge is 0.408 e. The summed E-state index contributed by atoms with van der Waals surface area (Å²) in [5, 5.41) is 14.0. The number of para-hydroxylation sites is 1. The van der Waals surface area contributed by atoms with E-state index in [1.54, 1.807) is 13.0 Å². The van der Waals surface area contributed by atoms with Gasteiger partial charge in [0.1, 0.15) is 5.54 Å².